The molecule has 1 aromatic rings. The summed E-state index contributed by atoms with van der Waals surface area (Å²) in [6, 6.07) is 6.71. The molecule has 22 heavy (non-hydrogen) atoms. The molecule has 1 atom stereocenters. The van der Waals surface area contributed by atoms with E-state index in [-0.39, 0.29) is 0 Å². The third kappa shape index (κ3) is 5.71. The van der Waals surface area contributed by atoms with Gasteiger partial charge in [-0.2, -0.15) is 13.2 Å². The lowest BCUT2D eigenvalue weighted by Gasteiger charge is -2.26. The van der Waals surface area contributed by atoms with E-state index >= 15 is 0 Å². The summed E-state index contributed by atoms with van der Waals surface area (Å²) < 4.78 is 43.0. The Kier molecular flexibility index (Phi) is 5.67. The highest BCUT2D eigenvalue weighted by molar-refractivity contribution is 6.70. The van der Waals surface area contributed by atoms with Crippen molar-refractivity contribution in [1.29, 1.82) is 0 Å². The van der Waals surface area contributed by atoms with Gasteiger partial charge in [-0.15, -0.1) is 0 Å². The maximum atomic E-state index is 12.4. The average molecular weight is 333 g/mol. The third-order valence-corrected chi connectivity index (χ3v) is 3.95. The molecule has 0 radical (unpaired) electrons. The van der Waals surface area contributed by atoms with Crippen molar-refractivity contribution in [1.82, 2.24) is 4.90 Å². The van der Waals surface area contributed by atoms with Crippen LogP contribution in [-0.4, -0.2) is 38.4 Å². The number of nitrogens with zero attached hydrogens (tertiary/aromatic N) is 1. The van der Waals surface area contributed by atoms with Crippen LogP contribution in [0.3, 0.4) is 0 Å². The summed E-state index contributed by atoms with van der Waals surface area (Å²) in [7, 11) is -0.509. The van der Waals surface area contributed by atoms with Crippen LogP contribution in [0.15, 0.2) is 24.3 Å². The first kappa shape index (κ1) is 18.5. The highest BCUT2D eigenvalue weighted by Gasteiger charge is 2.42. The molecule has 124 valence electrons. The topological polar surface area (TPSA) is 29.5 Å². The maximum Gasteiger partial charge on any atom is 0.471 e. The van der Waals surface area contributed by atoms with Crippen molar-refractivity contribution in [2.75, 3.05) is 7.05 Å². The molecule has 0 spiro atoms. The second-order valence-electron chi connectivity index (χ2n) is 6.33. The second kappa shape index (κ2) is 6.72. The Labute approximate surface area is 130 Å². The van der Waals surface area contributed by atoms with Crippen LogP contribution in [-0.2, 0) is 11.2 Å². The van der Waals surface area contributed by atoms with Gasteiger partial charge in [-0.1, -0.05) is 12.1 Å². The van der Waals surface area contributed by atoms with Gasteiger partial charge in [0.25, 0.3) is 0 Å². The van der Waals surface area contributed by atoms with E-state index in [1.165, 1.54) is 7.05 Å². The molecule has 0 fully saturated rings. The fraction of sp³-hybridized carbons (Fsp3) is 0.533. The van der Waals surface area contributed by atoms with Crippen molar-refractivity contribution in [3.8, 4) is 5.75 Å². The molecule has 1 unspecified atom stereocenters. The molecule has 1 rings (SSSR count). The number of carbonyl (C=O) groups excluding carboxylic acids is 1. The van der Waals surface area contributed by atoms with Gasteiger partial charge in [-0.05, 0) is 50.7 Å². The van der Waals surface area contributed by atoms with Gasteiger partial charge in [0.1, 0.15) is 5.75 Å². The molecule has 0 aliphatic rings. The van der Waals surface area contributed by atoms with E-state index in [1.807, 2.05) is 24.3 Å². The predicted octanol–water partition coefficient (Wildman–Crippen LogP) is 3.85. The molecule has 1 aromatic carbocycles. The molecular formula is C15H22F3NO2Si. The number of benzene rings is 1. The summed E-state index contributed by atoms with van der Waals surface area (Å²) >= 11 is 0. The molecule has 0 saturated heterocycles. The van der Waals surface area contributed by atoms with Crippen LogP contribution in [0.5, 0.6) is 5.75 Å². The van der Waals surface area contributed by atoms with Crippen molar-refractivity contribution in [3.05, 3.63) is 29.8 Å². The van der Waals surface area contributed by atoms with Gasteiger partial charge >= 0.3 is 12.1 Å². The van der Waals surface area contributed by atoms with E-state index < -0.39 is 26.4 Å². The quantitative estimate of drug-likeness (QED) is 0.766. The summed E-state index contributed by atoms with van der Waals surface area (Å²) in [4.78, 5) is 11.9. The van der Waals surface area contributed by atoms with E-state index in [4.69, 9.17) is 4.43 Å². The van der Waals surface area contributed by atoms with Crippen molar-refractivity contribution in [2.24, 2.45) is 0 Å². The van der Waals surface area contributed by atoms with Crippen molar-refractivity contribution < 1.29 is 22.4 Å². The van der Waals surface area contributed by atoms with Gasteiger partial charge in [0.05, 0.1) is 0 Å². The Morgan fingerprint density at radius 1 is 1.23 bits per heavy atom. The molecule has 3 nitrogen and oxygen atoms in total. The highest BCUT2D eigenvalue weighted by atomic mass is 28.4. The number of carbonyl (C=O) groups is 1. The summed E-state index contributed by atoms with van der Waals surface area (Å²) in [5, 5.41) is 0. The Bertz CT molecular complexity index is 509. The van der Waals surface area contributed by atoms with Crippen LogP contribution in [0.25, 0.3) is 0 Å². The van der Waals surface area contributed by atoms with Crippen LogP contribution in [0, 0.1) is 0 Å². The van der Waals surface area contributed by atoms with Crippen LogP contribution in [0.2, 0.25) is 19.6 Å². The monoisotopic (exact) mass is 333 g/mol. The SMILES string of the molecule is CC(Cc1ccc(O[Si](C)(C)C)cc1)N(C)C(=O)C(F)(F)F. The Morgan fingerprint density at radius 2 is 1.73 bits per heavy atom. The van der Waals surface area contributed by atoms with Gasteiger partial charge in [0.15, 0.2) is 0 Å². The molecular weight excluding hydrogens is 311 g/mol. The summed E-state index contributed by atoms with van der Waals surface area (Å²) in [6.07, 6.45) is -4.48. The molecule has 0 saturated carbocycles. The van der Waals surface area contributed by atoms with Gasteiger partial charge < -0.3 is 9.33 Å². The first-order chi connectivity index (χ1) is 9.90. The fourth-order valence-electron chi connectivity index (χ4n) is 1.93. The standard InChI is InChI=1S/C15H22F3NO2Si/c1-11(19(2)14(20)15(16,17)18)10-12-6-8-13(9-7-12)21-22(3,4)5/h6-9,11H,10H2,1-5H3. The number of alkyl halides is 3. The minimum Gasteiger partial charge on any atom is -0.544 e. The van der Waals surface area contributed by atoms with Crippen molar-refractivity contribution in [2.45, 2.75) is 45.2 Å². The summed E-state index contributed by atoms with van der Waals surface area (Å²) in [5.74, 6) is -1.06. The number of hydrogen-bond acceptors (Lipinski definition) is 2. The predicted molar refractivity (Wildman–Crippen MR) is 82.4 cm³/mol. The zero-order chi connectivity index (χ0) is 17.1. The summed E-state index contributed by atoms with van der Waals surface area (Å²) in [5.41, 5.74) is 0.859. The number of halogens is 3. The zero-order valence-corrected chi connectivity index (χ0v) is 14.5. The lowest BCUT2D eigenvalue weighted by atomic mass is 10.1. The molecule has 7 heteroatoms. The molecule has 1 amide bonds. The number of amides is 1. The average Bonchev–Trinajstić information content (AvgIpc) is 2.36. The van der Waals surface area contributed by atoms with Crippen molar-refractivity contribution >= 4 is 14.2 Å². The largest absolute Gasteiger partial charge is 0.544 e. The smallest absolute Gasteiger partial charge is 0.471 e. The fourth-order valence-corrected chi connectivity index (χ4v) is 2.77. The van der Waals surface area contributed by atoms with E-state index in [0.29, 0.717) is 6.42 Å². The molecule has 0 bridgehead atoms. The first-order valence-electron chi connectivity index (χ1n) is 7.02. The zero-order valence-electron chi connectivity index (χ0n) is 13.5. The first-order valence-corrected chi connectivity index (χ1v) is 10.4. The molecule has 0 aromatic heterocycles. The highest BCUT2D eigenvalue weighted by Crippen LogP contribution is 2.21. The van der Waals surface area contributed by atoms with Crippen LogP contribution in [0.1, 0.15) is 12.5 Å². The molecule has 0 aliphatic heterocycles. The van der Waals surface area contributed by atoms with Gasteiger partial charge in [-0.25, -0.2) is 0 Å². The minimum absolute atomic E-state index is 0.353. The van der Waals surface area contributed by atoms with E-state index in [1.54, 1.807) is 6.92 Å². The Balaban J connectivity index is 2.69. The van der Waals surface area contributed by atoms with Crippen molar-refractivity contribution in [3.63, 3.8) is 0 Å². The lowest BCUT2D eigenvalue weighted by molar-refractivity contribution is -0.185. The molecule has 0 aliphatic carbocycles. The molecule has 0 heterocycles. The normalized spacial score (nSPS) is 13.6. The second-order valence-corrected chi connectivity index (χ2v) is 10.8. The Hall–Kier alpha value is -1.50. The number of likely N-dealkylation sites (N-methyl/N-ethyl adjacent to an activating group) is 1. The van der Waals surface area contributed by atoms with E-state index in [0.717, 1.165) is 16.2 Å². The Morgan fingerprint density at radius 3 is 2.14 bits per heavy atom. The summed E-state index contributed by atoms with van der Waals surface area (Å²) in [6.45, 7) is 7.80. The number of hydrogen-bond donors (Lipinski definition) is 0. The van der Waals surface area contributed by atoms with Gasteiger partial charge in [0.2, 0.25) is 8.32 Å². The number of rotatable bonds is 5. The van der Waals surface area contributed by atoms with Gasteiger partial charge in [-0.3, -0.25) is 4.79 Å². The van der Waals surface area contributed by atoms with Gasteiger partial charge in [0, 0.05) is 13.1 Å². The van der Waals surface area contributed by atoms with Crippen LogP contribution >= 0.6 is 0 Å². The van der Waals surface area contributed by atoms with E-state index in [2.05, 4.69) is 19.6 Å². The van der Waals surface area contributed by atoms with E-state index in [9.17, 15) is 18.0 Å². The van der Waals surface area contributed by atoms with Crippen LogP contribution < -0.4 is 4.43 Å². The maximum absolute atomic E-state index is 12.4. The molecule has 0 N–H and O–H groups in total. The lowest BCUT2D eigenvalue weighted by Crippen LogP contribution is -2.44. The third-order valence-electron chi connectivity index (χ3n) is 3.10. The van der Waals surface area contributed by atoms with Crippen LogP contribution in [0.4, 0.5) is 13.2 Å². The minimum atomic E-state index is -4.84.